The second kappa shape index (κ2) is 11.6. The van der Waals surface area contributed by atoms with Crippen LogP contribution in [0.2, 0.25) is 0 Å². The summed E-state index contributed by atoms with van der Waals surface area (Å²) in [6.45, 7) is 2.94. The Kier molecular flexibility index (Phi) is 7.87. The molecule has 0 bridgehead atoms. The van der Waals surface area contributed by atoms with Gasteiger partial charge in [-0.05, 0) is 68.9 Å². The average molecular weight is 503 g/mol. The number of hydrogen-bond acceptors (Lipinski definition) is 7. The molecular weight excluding hydrogens is 468 g/mol. The Bertz CT molecular complexity index is 1210. The van der Waals surface area contributed by atoms with E-state index in [9.17, 15) is 4.79 Å². The van der Waals surface area contributed by atoms with Gasteiger partial charge in [-0.25, -0.2) is 0 Å². The highest BCUT2D eigenvalue weighted by atomic mass is 16.6. The molecule has 2 aliphatic rings. The Hall–Kier alpha value is -3.62. The molecule has 194 valence electrons. The zero-order valence-electron chi connectivity index (χ0n) is 21.4. The Morgan fingerprint density at radius 2 is 1.89 bits per heavy atom. The minimum absolute atomic E-state index is 0.00730. The second-order valence-electron chi connectivity index (χ2n) is 9.81. The summed E-state index contributed by atoms with van der Waals surface area (Å²) >= 11 is 0. The molecule has 2 aromatic carbocycles. The molecule has 37 heavy (non-hydrogen) atoms. The van der Waals surface area contributed by atoms with Crippen LogP contribution in [0.4, 0.5) is 11.4 Å². The Morgan fingerprint density at radius 3 is 2.68 bits per heavy atom. The first kappa shape index (κ1) is 25.0. The van der Waals surface area contributed by atoms with Crippen molar-refractivity contribution in [3.8, 4) is 22.8 Å². The zero-order chi connectivity index (χ0) is 25.6. The summed E-state index contributed by atoms with van der Waals surface area (Å²) < 4.78 is 17.6. The first-order valence-electron chi connectivity index (χ1n) is 12.8. The number of benzene rings is 2. The van der Waals surface area contributed by atoms with Gasteiger partial charge in [0, 0.05) is 36.9 Å². The van der Waals surface area contributed by atoms with E-state index in [2.05, 4.69) is 47.8 Å². The van der Waals surface area contributed by atoms with Gasteiger partial charge in [0.05, 0.1) is 24.1 Å². The van der Waals surface area contributed by atoms with Gasteiger partial charge in [0.2, 0.25) is 5.91 Å². The molecule has 1 saturated heterocycles. The first-order chi connectivity index (χ1) is 18.0. The fourth-order valence-electron chi connectivity index (χ4n) is 4.66. The molecule has 3 heterocycles. The van der Waals surface area contributed by atoms with Crippen LogP contribution in [0.15, 0.2) is 60.8 Å². The molecular formula is C29H34N4O4. The molecule has 0 aliphatic carbocycles. The van der Waals surface area contributed by atoms with Crippen molar-refractivity contribution in [1.29, 1.82) is 0 Å². The van der Waals surface area contributed by atoms with Crippen LogP contribution < -0.4 is 20.1 Å². The summed E-state index contributed by atoms with van der Waals surface area (Å²) in [6, 6.07) is 18.2. The smallest absolute Gasteiger partial charge is 0.223 e. The highest BCUT2D eigenvalue weighted by Gasteiger charge is 2.27. The number of anilines is 2. The molecule has 1 atom stereocenters. The summed E-state index contributed by atoms with van der Waals surface area (Å²) in [5.74, 6) is 1.41. The molecule has 3 aromatic rings. The predicted octanol–water partition coefficient (Wildman–Crippen LogP) is 4.24. The van der Waals surface area contributed by atoms with E-state index in [1.165, 1.54) is 5.56 Å². The number of pyridine rings is 1. The lowest BCUT2D eigenvalue weighted by Gasteiger charge is -2.29. The van der Waals surface area contributed by atoms with Crippen molar-refractivity contribution < 1.29 is 19.0 Å². The number of rotatable bonds is 8. The SMILES string of the molecule is CN(C)Cc1cccc(Nc2ccc(-c3cccc4c3OC(CNC(=O)C3CCOCC3)CO4)nc2)c1. The molecule has 1 amide bonds. The van der Waals surface area contributed by atoms with Crippen molar-refractivity contribution in [1.82, 2.24) is 15.2 Å². The summed E-state index contributed by atoms with van der Waals surface area (Å²) in [4.78, 5) is 19.4. The third kappa shape index (κ3) is 6.39. The number of fused-ring (bicyclic) bond motifs is 1. The lowest BCUT2D eigenvalue weighted by Crippen LogP contribution is -2.43. The fraction of sp³-hybridized carbons (Fsp3) is 0.379. The number of carbonyl (C=O) groups excluding carboxylic acids is 1. The van der Waals surface area contributed by atoms with E-state index < -0.39 is 0 Å². The van der Waals surface area contributed by atoms with Gasteiger partial charge < -0.3 is 29.7 Å². The average Bonchev–Trinajstić information content (AvgIpc) is 2.92. The highest BCUT2D eigenvalue weighted by Crippen LogP contribution is 2.40. The van der Waals surface area contributed by atoms with Crippen LogP contribution in [0.1, 0.15) is 18.4 Å². The van der Waals surface area contributed by atoms with Crippen LogP contribution >= 0.6 is 0 Å². The van der Waals surface area contributed by atoms with Gasteiger partial charge in [-0.2, -0.15) is 0 Å². The number of aromatic nitrogens is 1. The van der Waals surface area contributed by atoms with Crippen LogP contribution in [0.5, 0.6) is 11.5 Å². The number of carbonyl (C=O) groups is 1. The van der Waals surface area contributed by atoms with E-state index in [0.29, 0.717) is 37.9 Å². The van der Waals surface area contributed by atoms with Gasteiger partial charge in [-0.1, -0.05) is 18.2 Å². The van der Waals surface area contributed by atoms with E-state index in [0.717, 1.165) is 42.0 Å². The fourth-order valence-corrected chi connectivity index (χ4v) is 4.66. The molecule has 8 nitrogen and oxygen atoms in total. The number of ether oxygens (including phenoxy) is 3. The van der Waals surface area contributed by atoms with Crippen LogP contribution in [0.25, 0.3) is 11.3 Å². The summed E-state index contributed by atoms with van der Waals surface area (Å²) in [6.07, 6.45) is 3.08. The van der Waals surface area contributed by atoms with Crippen LogP contribution in [0, 0.1) is 5.92 Å². The number of amides is 1. The van der Waals surface area contributed by atoms with Crippen molar-refractivity contribution in [2.24, 2.45) is 5.92 Å². The Labute approximate surface area is 217 Å². The van der Waals surface area contributed by atoms with Gasteiger partial charge in [0.15, 0.2) is 11.5 Å². The minimum atomic E-state index is -0.271. The van der Waals surface area contributed by atoms with Gasteiger partial charge in [-0.3, -0.25) is 9.78 Å². The van der Waals surface area contributed by atoms with Gasteiger partial charge in [-0.15, -0.1) is 0 Å². The first-order valence-corrected chi connectivity index (χ1v) is 12.8. The van der Waals surface area contributed by atoms with Crippen molar-refractivity contribution >= 4 is 17.3 Å². The summed E-state index contributed by atoms with van der Waals surface area (Å²) in [5.41, 5.74) is 4.82. The second-order valence-corrected chi connectivity index (χ2v) is 9.81. The Balaban J connectivity index is 1.24. The largest absolute Gasteiger partial charge is 0.486 e. The van der Waals surface area contributed by atoms with Crippen LogP contribution in [-0.4, -0.2) is 62.4 Å². The van der Waals surface area contributed by atoms with Gasteiger partial charge >= 0.3 is 0 Å². The third-order valence-corrected chi connectivity index (χ3v) is 6.54. The molecule has 0 spiro atoms. The maximum Gasteiger partial charge on any atom is 0.223 e. The number of nitrogens with one attached hydrogen (secondary N) is 2. The standard InChI is InChI=1S/C29H34N4O4/c1-33(2)18-20-5-3-6-22(15-20)32-23-9-10-26(30-16-23)25-7-4-8-27-28(25)37-24(19-36-27)17-31-29(34)21-11-13-35-14-12-21/h3-10,15-16,21,24,32H,11-14,17-19H2,1-2H3,(H,31,34). The van der Waals surface area contributed by atoms with Gasteiger partial charge in [0.25, 0.3) is 0 Å². The number of nitrogens with zero attached hydrogens (tertiary/aromatic N) is 2. The highest BCUT2D eigenvalue weighted by molar-refractivity contribution is 5.78. The molecule has 1 unspecified atom stereocenters. The third-order valence-electron chi connectivity index (χ3n) is 6.54. The van der Waals surface area contributed by atoms with Crippen LogP contribution in [0.3, 0.4) is 0 Å². The molecule has 0 saturated carbocycles. The normalized spacial score (nSPS) is 17.4. The molecule has 1 fully saturated rings. The maximum atomic E-state index is 12.5. The molecule has 1 aromatic heterocycles. The lowest BCUT2D eigenvalue weighted by molar-refractivity contribution is -0.128. The molecule has 2 N–H and O–H groups in total. The van der Waals surface area contributed by atoms with E-state index in [4.69, 9.17) is 19.2 Å². The van der Waals surface area contributed by atoms with Gasteiger partial charge in [0.1, 0.15) is 12.7 Å². The minimum Gasteiger partial charge on any atom is -0.486 e. The van der Waals surface area contributed by atoms with E-state index in [-0.39, 0.29) is 17.9 Å². The Morgan fingerprint density at radius 1 is 1.05 bits per heavy atom. The van der Waals surface area contributed by atoms with Crippen molar-refractivity contribution in [2.45, 2.75) is 25.5 Å². The van der Waals surface area contributed by atoms with Crippen molar-refractivity contribution in [3.05, 3.63) is 66.4 Å². The van der Waals surface area contributed by atoms with Crippen LogP contribution in [-0.2, 0) is 16.1 Å². The maximum absolute atomic E-state index is 12.5. The number of hydrogen-bond donors (Lipinski definition) is 2. The van der Waals surface area contributed by atoms with E-state index in [1.807, 2.05) is 42.6 Å². The molecule has 5 rings (SSSR count). The number of para-hydroxylation sites is 1. The van der Waals surface area contributed by atoms with Crippen molar-refractivity contribution in [2.75, 3.05) is 45.8 Å². The molecule has 8 heteroatoms. The monoisotopic (exact) mass is 502 g/mol. The summed E-state index contributed by atoms with van der Waals surface area (Å²) in [7, 11) is 4.12. The zero-order valence-corrected chi connectivity index (χ0v) is 21.4. The van der Waals surface area contributed by atoms with E-state index >= 15 is 0 Å². The summed E-state index contributed by atoms with van der Waals surface area (Å²) in [5, 5.41) is 6.47. The van der Waals surface area contributed by atoms with E-state index in [1.54, 1.807) is 0 Å². The molecule has 2 aliphatic heterocycles. The topological polar surface area (TPSA) is 85.0 Å². The predicted molar refractivity (Wildman–Crippen MR) is 143 cm³/mol. The molecule has 0 radical (unpaired) electrons. The van der Waals surface area contributed by atoms with Crippen molar-refractivity contribution in [3.63, 3.8) is 0 Å². The lowest BCUT2D eigenvalue weighted by atomic mass is 9.99. The quantitative estimate of drug-likeness (QED) is 0.477.